The second-order valence-electron chi connectivity index (χ2n) is 4.26. The smallest absolute Gasteiger partial charge is 0.175 e. The van der Waals surface area contributed by atoms with Gasteiger partial charge in [-0.05, 0) is 49.0 Å². The zero-order valence-electron chi connectivity index (χ0n) is 11.2. The van der Waals surface area contributed by atoms with Crippen LogP contribution in [0.25, 0.3) is 0 Å². The van der Waals surface area contributed by atoms with Crippen LogP contribution < -0.4 is 15.4 Å². The molecular weight excluding hydrogens is 275 g/mol. The van der Waals surface area contributed by atoms with Crippen molar-refractivity contribution < 1.29 is 9.13 Å². The highest BCUT2D eigenvalue weighted by atomic mass is 32.1. The monoisotopic (exact) mass is 290 g/mol. The van der Waals surface area contributed by atoms with E-state index in [9.17, 15) is 4.39 Å². The van der Waals surface area contributed by atoms with Crippen LogP contribution in [0.15, 0.2) is 42.5 Å². The summed E-state index contributed by atoms with van der Waals surface area (Å²) in [5.41, 5.74) is 1.92. The van der Waals surface area contributed by atoms with Crippen LogP contribution in [-0.2, 0) is 0 Å². The van der Waals surface area contributed by atoms with Crippen molar-refractivity contribution in [1.29, 1.82) is 0 Å². The van der Waals surface area contributed by atoms with E-state index >= 15 is 0 Å². The first-order valence-corrected chi connectivity index (χ1v) is 6.48. The Hall–Kier alpha value is -2.14. The number of nitrogens with one attached hydrogen (secondary N) is 2. The van der Waals surface area contributed by atoms with Gasteiger partial charge in [-0.1, -0.05) is 18.2 Å². The van der Waals surface area contributed by atoms with Crippen LogP contribution in [0.5, 0.6) is 5.75 Å². The summed E-state index contributed by atoms with van der Waals surface area (Å²) in [6.07, 6.45) is 0. The highest BCUT2D eigenvalue weighted by Gasteiger charge is 2.07. The van der Waals surface area contributed by atoms with E-state index in [2.05, 4.69) is 10.6 Å². The molecule has 0 aliphatic heterocycles. The molecule has 2 N–H and O–H groups in total. The lowest BCUT2D eigenvalue weighted by Crippen LogP contribution is -2.20. The van der Waals surface area contributed by atoms with Crippen molar-refractivity contribution in [2.24, 2.45) is 0 Å². The van der Waals surface area contributed by atoms with Crippen LogP contribution in [0.2, 0.25) is 0 Å². The van der Waals surface area contributed by atoms with Gasteiger partial charge < -0.3 is 15.4 Å². The third-order valence-electron chi connectivity index (χ3n) is 2.73. The van der Waals surface area contributed by atoms with Gasteiger partial charge in [0.1, 0.15) is 11.6 Å². The van der Waals surface area contributed by atoms with Gasteiger partial charge in [0.25, 0.3) is 0 Å². The molecule has 0 heterocycles. The Morgan fingerprint density at radius 3 is 2.50 bits per heavy atom. The highest BCUT2D eigenvalue weighted by Crippen LogP contribution is 2.23. The lowest BCUT2D eigenvalue weighted by atomic mass is 10.2. The molecule has 0 unspecified atom stereocenters. The van der Waals surface area contributed by atoms with Crippen molar-refractivity contribution in [3.63, 3.8) is 0 Å². The summed E-state index contributed by atoms with van der Waals surface area (Å²) < 4.78 is 18.9. The van der Waals surface area contributed by atoms with Crippen molar-refractivity contribution in [1.82, 2.24) is 0 Å². The van der Waals surface area contributed by atoms with Crippen LogP contribution in [0.4, 0.5) is 15.8 Å². The van der Waals surface area contributed by atoms with E-state index in [0.29, 0.717) is 16.5 Å². The minimum Gasteiger partial charge on any atom is -0.495 e. The standard InChI is InChI=1S/C15H15FN2OS/c1-10-7-8-12(11(16)9-10)17-15(20)18-13-5-3-4-6-14(13)19-2/h3-9H,1-2H3,(H2,17,18,20). The predicted molar refractivity (Wildman–Crippen MR) is 84.0 cm³/mol. The molecule has 0 saturated heterocycles. The zero-order chi connectivity index (χ0) is 14.5. The molecule has 0 fully saturated rings. The molecular formula is C15H15FN2OS. The number of halogens is 1. The maximum atomic E-state index is 13.7. The zero-order valence-corrected chi connectivity index (χ0v) is 12.1. The largest absolute Gasteiger partial charge is 0.495 e. The fraction of sp³-hybridized carbons (Fsp3) is 0.133. The van der Waals surface area contributed by atoms with Crippen molar-refractivity contribution in [3.8, 4) is 5.75 Å². The molecule has 0 amide bonds. The number of para-hydroxylation sites is 2. The van der Waals surface area contributed by atoms with Crippen LogP contribution >= 0.6 is 12.2 Å². The summed E-state index contributed by atoms with van der Waals surface area (Å²) in [4.78, 5) is 0. The average molecular weight is 290 g/mol. The van der Waals surface area contributed by atoms with Crippen LogP contribution in [-0.4, -0.2) is 12.2 Å². The summed E-state index contributed by atoms with van der Waals surface area (Å²) in [5.74, 6) is 0.329. The topological polar surface area (TPSA) is 33.3 Å². The number of hydrogen-bond donors (Lipinski definition) is 2. The Morgan fingerprint density at radius 1 is 1.10 bits per heavy atom. The van der Waals surface area contributed by atoms with E-state index in [4.69, 9.17) is 17.0 Å². The maximum absolute atomic E-state index is 13.7. The number of methoxy groups -OCH3 is 1. The van der Waals surface area contributed by atoms with E-state index in [0.717, 1.165) is 11.3 Å². The van der Waals surface area contributed by atoms with Crippen molar-refractivity contribution in [2.75, 3.05) is 17.7 Å². The molecule has 0 spiro atoms. The summed E-state index contributed by atoms with van der Waals surface area (Å²) >= 11 is 5.17. The molecule has 0 aliphatic rings. The Morgan fingerprint density at radius 2 is 1.80 bits per heavy atom. The van der Waals surface area contributed by atoms with Gasteiger partial charge in [0.2, 0.25) is 0 Å². The number of hydrogen-bond acceptors (Lipinski definition) is 2. The average Bonchev–Trinajstić information content (AvgIpc) is 2.42. The van der Waals surface area contributed by atoms with Gasteiger partial charge >= 0.3 is 0 Å². The van der Waals surface area contributed by atoms with Gasteiger partial charge in [0, 0.05) is 0 Å². The molecule has 104 valence electrons. The third kappa shape index (κ3) is 3.45. The molecule has 5 heteroatoms. The van der Waals surface area contributed by atoms with Gasteiger partial charge in [-0.25, -0.2) is 4.39 Å². The van der Waals surface area contributed by atoms with E-state index in [-0.39, 0.29) is 5.82 Å². The van der Waals surface area contributed by atoms with Gasteiger partial charge in [-0.15, -0.1) is 0 Å². The number of aryl methyl sites for hydroxylation is 1. The van der Waals surface area contributed by atoms with Crippen molar-refractivity contribution in [3.05, 3.63) is 53.8 Å². The first-order chi connectivity index (χ1) is 9.60. The Balaban J connectivity index is 2.09. The highest BCUT2D eigenvalue weighted by molar-refractivity contribution is 7.80. The Kier molecular flexibility index (Phi) is 4.53. The number of benzene rings is 2. The number of rotatable bonds is 3. The molecule has 2 aromatic carbocycles. The second-order valence-corrected chi connectivity index (χ2v) is 4.67. The first-order valence-electron chi connectivity index (χ1n) is 6.07. The molecule has 20 heavy (non-hydrogen) atoms. The lowest BCUT2D eigenvalue weighted by molar-refractivity contribution is 0.417. The third-order valence-corrected chi connectivity index (χ3v) is 2.93. The quantitative estimate of drug-likeness (QED) is 0.839. The van der Waals surface area contributed by atoms with Crippen LogP contribution in [0, 0.1) is 12.7 Å². The number of ether oxygens (including phenoxy) is 1. The van der Waals surface area contributed by atoms with Gasteiger partial charge in [-0.3, -0.25) is 0 Å². The Bertz CT molecular complexity index is 631. The van der Waals surface area contributed by atoms with Gasteiger partial charge in [-0.2, -0.15) is 0 Å². The fourth-order valence-electron chi connectivity index (χ4n) is 1.75. The normalized spacial score (nSPS) is 9.95. The fourth-order valence-corrected chi connectivity index (χ4v) is 1.97. The van der Waals surface area contributed by atoms with E-state index in [1.807, 2.05) is 37.3 Å². The van der Waals surface area contributed by atoms with E-state index in [1.165, 1.54) is 6.07 Å². The van der Waals surface area contributed by atoms with Crippen molar-refractivity contribution >= 4 is 28.7 Å². The molecule has 0 radical (unpaired) electrons. The Labute approximate surface area is 122 Å². The lowest BCUT2D eigenvalue weighted by Gasteiger charge is -2.13. The van der Waals surface area contributed by atoms with Crippen LogP contribution in [0.3, 0.4) is 0 Å². The number of thiocarbonyl (C=S) groups is 1. The summed E-state index contributed by atoms with van der Waals surface area (Å²) in [6.45, 7) is 1.83. The van der Waals surface area contributed by atoms with Gasteiger partial charge in [0.15, 0.2) is 5.11 Å². The van der Waals surface area contributed by atoms with Crippen LogP contribution in [0.1, 0.15) is 5.56 Å². The second kappa shape index (κ2) is 6.34. The maximum Gasteiger partial charge on any atom is 0.175 e. The molecule has 2 aromatic rings. The molecule has 3 nitrogen and oxygen atoms in total. The number of anilines is 2. The van der Waals surface area contributed by atoms with Crippen molar-refractivity contribution in [2.45, 2.75) is 6.92 Å². The van der Waals surface area contributed by atoms with Gasteiger partial charge in [0.05, 0.1) is 18.5 Å². The molecule has 2 rings (SSSR count). The van der Waals surface area contributed by atoms with E-state index < -0.39 is 0 Å². The minimum atomic E-state index is -0.339. The molecule has 0 saturated carbocycles. The minimum absolute atomic E-state index is 0.303. The summed E-state index contributed by atoms with van der Waals surface area (Å²) in [6, 6.07) is 12.3. The molecule has 0 aliphatic carbocycles. The summed E-state index contributed by atoms with van der Waals surface area (Å²) in [7, 11) is 1.58. The molecule has 0 atom stereocenters. The van der Waals surface area contributed by atoms with E-state index in [1.54, 1.807) is 13.2 Å². The SMILES string of the molecule is COc1ccccc1NC(=S)Nc1ccc(C)cc1F. The summed E-state index contributed by atoms with van der Waals surface area (Å²) in [5, 5.41) is 6.11. The first kappa shape index (κ1) is 14.3. The predicted octanol–water partition coefficient (Wildman–Crippen LogP) is 3.95. The molecule has 0 aromatic heterocycles. The molecule has 0 bridgehead atoms.